The van der Waals surface area contributed by atoms with Crippen molar-refractivity contribution in [2.75, 3.05) is 0 Å². The molecule has 1 aromatic heterocycles. The third kappa shape index (κ3) is 5.96. The molecule has 0 aliphatic rings. The van der Waals surface area contributed by atoms with Crippen molar-refractivity contribution in [3.05, 3.63) is 134 Å². The Balaban J connectivity index is 1.63. The van der Waals surface area contributed by atoms with Gasteiger partial charge in [0.15, 0.2) is 5.82 Å². The number of aromatic nitrogens is 2. The van der Waals surface area contributed by atoms with Gasteiger partial charge in [-0.2, -0.15) is 22.9 Å². The Morgan fingerprint density at radius 2 is 1.76 bits per heavy atom. The predicted molar refractivity (Wildman–Crippen MR) is 143 cm³/mol. The zero-order valence-corrected chi connectivity index (χ0v) is 20.9. The summed E-state index contributed by atoms with van der Waals surface area (Å²) in [7, 11) is 0. The third-order valence-corrected chi connectivity index (χ3v) is 6.00. The Morgan fingerprint density at radius 1 is 0.976 bits per heavy atom. The summed E-state index contributed by atoms with van der Waals surface area (Å²) in [6.45, 7) is -0.0800. The maximum atomic E-state index is 13.6. The van der Waals surface area contributed by atoms with E-state index in [2.05, 4.69) is 10.1 Å². The quantitative estimate of drug-likeness (QED) is 0.0965. The van der Waals surface area contributed by atoms with E-state index in [1.807, 2.05) is 0 Å². The number of nitrogens with zero attached hydrogens (tertiary/aromatic N) is 4. The summed E-state index contributed by atoms with van der Waals surface area (Å²) in [5.41, 5.74) is -1.12. The van der Waals surface area contributed by atoms with Crippen LogP contribution in [0, 0.1) is 15.9 Å². The topological polar surface area (TPSA) is 99.6 Å². The number of rotatable bonds is 7. The molecule has 0 saturated carbocycles. The molecule has 0 spiro atoms. The molecule has 0 saturated heterocycles. The largest absolute Gasteiger partial charge is 0.488 e. The molecule has 4 aromatic carbocycles. The predicted octanol–water partition coefficient (Wildman–Crippen LogP) is 6.59. The van der Waals surface area contributed by atoms with Crippen molar-refractivity contribution in [1.82, 2.24) is 9.66 Å². The smallest absolute Gasteiger partial charge is 0.416 e. The zero-order chi connectivity index (χ0) is 29.1. The van der Waals surface area contributed by atoms with Crippen LogP contribution in [0.25, 0.3) is 22.3 Å². The second kappa shape index (κ2) is 11.0. The number of nitro benzene ring substituents is 1. The van der Waals surface area contributed by atoms with E-state index in [-0.39, 0.29) is 45.9 Å². The summed E-state index contributed by atoms with van der Waals surface area (Å²) in [5, 5.41) is 15.8. The minimum atomic E-state index is -4.64. The molecule has 0 unspecified atom stereocenters. The number of hydrogen-bond acceptors (Lipinski definition) is 6. The summed E-state index contributed by atoms with van der Waals surface area (Å²) in [4.78, 5) is 28.6. The van der Waals surface area contributed by atoms with E-state index in [9.17, 15) is 32.5 Å². The summed E-state index contributed by atoms with van der Waals surface area (Å²) >= 11 is 0. The lowest BCUT2D eigenvalue weighted by Gasteiger charge is -2.12. The Kier molecular flexibility index (Phi) is 7.30. The van der Waals surface area contributed by atoms with Gasteiger partial charge in [0.05, 0.1) is 27.6 Å². The van der Waals surface area contributed by atoms with Crippen LogP contribution < -0.4 is 10.3 Å². The highest BCUT2D eigenvalue weighted by molar-refractivity contribution is 5.85. The van der Waals surface area contributed by atoms with E-state index < -0.39 is 28.0 Å². The van der Waals surface area contributed by atoms with E-state index in [0.717, 1.165) is 29.1 Å². The van der Waals surface area contributed by atoms with Gasteiger partial charge in [0.1, 0.15) is 18.2 Å². The van der Waals surface area contributed by atoms with Gasteiger partial charge in [0.2, 0.25) is 0 Å². The molecule has 0 amide bonds. The summed E-state index contributed by atoms with van der Waals surface area (Å²) < 4.78 is 60.5. The molecule has 0 atom stereocenters. The fourth-order valence-electron chi connectivity index (χ4n) is 4.04. The van der Waals surface area contributed by atoms with Crippen molar-refractivity contribution >= 4 is 22.8 Å². The lowest BCUT2D eigenvalue weighted by molar-refractivity contribution is -0.384. The van der Waals surface area contributed by atoms with Crippen LogP contribution in [-0.4, -0.2) is 20.8 Å². The van der Waals surface area contributed by atoms with Gasteiger partial charge in [0.25, 0.3) is 11.2 Å². The van der Waals surface area contributed by atoms with Crippen LogP contribution in [-0.2, 0) is 12.8 Å². The SMILES string of the molecule is O=c1c2ccccc2nc(-c2cccc(C(F)(F)F)c2)n1N=Cc1cc([N+](=O)[O-])ccc1OCc1cccc(F)c1. The lowest BCUT2D eigenvalue weighted by atomic mass is 10.1. The van der Waals surface area contributed by atoms with Crippen molar-refractivity contribution in [2.24, 2.45) is 5.10 Å². The van der Waals surface area contributed by atoms with Crippen molar-refractivity contribution in [3.8, 4) is 17.1 Å². The standard InChI is InChI=1S/C29H18F4N4O4/c30-22-8-3-5-18(13-22)17-41-26-12-11-23(37(39)40)15-20(26)16-34-36-27(19-6-4-7-21(14-19)29(31,32)33)35-25-10-2-1-9-24(25)28(36)38/h1-16H,17H2. The average Bonchev–Trinajstić information content (AvgIpc) is 2.95. The maximum absolute atomic E-state index is 13.6. The number of alkyl halides is 3. The Morgan fingerprint density at radius 3 is 2.51 bits per heavy atom. The highest BCUT2D eigenvalue weighted by atomic mass is 19.4. The molecular formula is C29H18F4N4O4. The van der Waals surface area contributed by atoms with E-state index in [1.54, 1.807) is 24.3 Å². The molecule has 0 N–H and O–H groups in total. The fraction of sp³-hybridized carbons (Fsp3) is 0.0690. The van der Waals surface area contributed by atoms with Crippen molar-refractivity contribution in [1.29, 1.82) is 0 Å². The molecule has 1 heterocycles. The third-order valence-electron chi connectivity index (χ3n) is 6.00. The molecule has 0 aliphatic carbocycles. The number of benzene rings is 4. The van der Waals surface area contributed by atoms with Gasteiger partial charge in [-0.3, -0.25) is 14.9 Å². The van der Waals surface area contributed by atoms with Gasteiger partial charge in [-0.15, -0.1) is 0 Å². The number of ether oxygens (including phenoxy) is 1. The van der Waals surface area contributed by atoms with E-state index >= 15 is 0 Å². The molecule has 12 heteroatoms. The van der Waals surface area contributed by atoms with Gasteiger partial charge in [0, 0.05) is 23.3 Å². The second-order valence-electron chi connectivity index (χ2n) is 8.79. The number of fused-ring (bicyclic) bond motifs is 1. The summed E-state index contributed by atoms with van der Waals surface area (Å²) in [6, 6.07) is 19.9. The molecule has 5 rings (SSSR count). The minimum absolute atomic E-state index is 0.0264. The Bertz CT molecular complexity index is 1870. The molecule has 5 aromatic rings. The molecule has 0 fully saturated rings. The summed E-state index contributed by atoms with van der Waals surface area (Å²) in [5.74, 6) is -0.517. The minimum Gasteiger partial charge on any atom is -0.488 e. The first-order valence-corrected chi connectivity index (χ1v) is 12.0. The van der Waals surface area contributed by atoms with Crippen LogP contribution in [0.3, 0.4) is 0 Å². The van der Waals surface area contributed by atoms with Crippen molar-refractivity contribution in [3.63, 3.8) is 0 Å². The maximum Gasteiger partial charge on any atom is 0.416 e. The lowest BCUT2D eigenvalue weighted by Crippen LogP contribution is -2.20. The van der Waals surface area contributed by atoms with Crippen LogP contribution in [0.1, 0.15) is 16.7 Å². The Hall–Kier alpha value is -5.39. The molecule has 0 radical (unpaired) electrons. The molecule has 0 bridgehead atoms. The molecule has 8 nitrogen and oxygen atoms in total. The van der Waals surface area contributed by atoms with Crippen LogP contribution in [0.15, 0.2) is 101 Å². The first kappa shape index (κ1) is 27.2. The zero-order valence-electron chi connectivity index (χ0n) is 20.9. The monoisotopic (exact) mass is 562 g/mol. The number of non-ortho nitro benzene ring substituents is 1. The van der Waals surface area contributed by atoms with E-state index in [1.165, 1.54) is 48.5 Å². The number of hydrogen-bond donors (Lipinski definition) is 0. The van der Waals surface area contributed by atoms with E-state index in [0.29, 0.717) is 5.56 Å². The van der Waals surface area contributed by atoms with Crippen LogP contribution in [0.4, 0.5) is 23.2 Å². The average molecular weight is 562 g/mol. The van der Waals surface area contributed by atoms with Gasteiger partial charge in [-0.05, 0) is 48.0 Å². The Labute approximate surface area is 228 Å². The summed E-state index contributed by atoms with van der Waals surface area (Å²) in [6.07, 6.45) is -3.53. The highest BCUT2D eigenvalue weighted by Crippen LogP contribution is 2.32. The van der Waals surface area contributed by atoms with Gasteiger partial charge < -0.3 is 4.74 Å². The second-order valence-corrected chi connectivity index (χ2v) is 8.79. The fourth-order valence-corrected chi connectivity index (χ4v) is 4.04. The van der Waals surface area contributed by atoms with Crippen LogP contribution >= 0.6 is 0 Å². The number of nitro groups is 1. The van der Waals surface area contributed by atoms with Crippen LogP contribution in [0.5, 0.6) is 5.75 Å². The van der Waals surface area contributed by atoms with Crippen molar-refractivity contribution < 1.29 is 27.2 Å². The van der Waals surface area contributed by atoms with Gasteiger partial charge in [-0.25, -0.2) is 9.37 Å². The van der Waals surface area contributed by atoms with Gasteiger partial charge in [-0.1, -0.05) is 36.4 Å². The highest BCUT2D eigenvalue weighted by Gasteiger charge is 2.31. The molecule has 0 aliphatic heterocycles. The van der Waals surface area contributed by atoms with Gasteiger partial charge >= 0.3 is 6.18 Å². The normalized spacial score (nSPS) is 11.7. The first-order valence-electron chi connectivity index (χ1n) is 12.0. The number of para-hydroxylation sites is 1. The van der Waals surface area contributed by atoms with Crippen LogP contribution in [0.2, 0.25) is 0 Å². The molecule has 41 heavy (non-hydrogen) atoms. The molecular weight excluding hydrogens is 544 g/mol. The molecule has 206 valence electrons. The number of halogens is 4. The first-order chi connectivity index (χ1) is 19.6. The van der Waals surface area contributed by atoms with Crippen molar-refractivity contribution in [2.45, 2.75) is 12.8 Å². The van der Waals surface area contributed by atoms with E-state index in [4.69, 9.17) is 4.74 Å².